The van der Waals surface area contributed by atoms with Crippen LogP contribution in [0.3, 0.4) is 0 Å². The average Bonchev–Trinajstić information content (AvgIpc) is 2.39. The highest BCUT2D eigenvalue weighted by molar-refractivity contribution is 8.13. The molecule has 0 N–H and O–H groups in total. The van der Waals surface area contributed by atoms with Crippen LogP contribution in [0, 0.1) is 0 Å². The third-order valence-electron chi connectivity index (χ3n) is 2.41. The molecule has 0 saturated heterocycles. The molecule has 1 aliphatic heterocycles. The van der Waals surface area contributed by atoms with Gasteiger partial charge in [-0.1, -0.05) is 0 Å². The van der Waals surface area contributed by atoms with Crippen LogP contribution in [0.1, 0.15) is 18.4 Å². The Bertz CT molecular complexity index is 468. The number of halogens is 1. The van der Waals surface area contributed by atoms with E-state index in [0.29, 0.717) is 6.61 Å². The van der Waals surface area contributed by atoms with Gasteiger partial charge in [-0.3, -0.25) is 0 Å². The minimum atomic E-state index is -3.63. The second-order valence-corrected chi connectivity index (χ2v) is 6.08. The molecule has 0 saturated carbocycles. The number of benzene rings is 1. The van der Waals surface area contributed by atoms with Crippen molar-refractivity contribution >= 4 is 19.7 Å². The van der Waals surface area contributed by atoms with Crippen LogP contribution in [-0.2, 0) is 15.5 Å². The highest BCUT2D eigenvalue weighted by Gasteiger charge is 2.15. The molecule has 0 unspecified atom stereocenters. The van der Waals surface area contributed by atoms with Gasteiger partial charge in [-0.05, 0) is 43.0 Å². The Kier molecular flexibility index (Phi) is 2.89. The first-order valence-electron chi connectivity index (χ1n) is 4.78. The van der Waals surface area contributed by atoms with Crippen molar-refractivity contribution in [1.82, 2.24) is 0 Å². The van der Waals surface area contributed by atoms with E-state index < -0.39 is 9.05 Å². The molecule has 0 spiro atoms. The normalized spacial score (nSPS) is 16.3. The largest absolute Gasteiger partial charge is 0.493 e. The lowest BCUT2D eigenvalue weighted by atomic mass is 10.1. The molecule has 0 aliphatic carbocycles. The van der Waals surface area contributed by atoms with Crippen LogP contribution < -0.4 is 4.74 Å². The number of hydrogen-bond acceptors (Lipinski definition) is 3. The van der Waals surface area contributed by atoms with Crippen molar-refractivity contribution in [2.45, 2.75) is 24.2 Å². The Morgan fingerprint density at radius 1 is 1.27 bits per heavy atom. The van der Waals surface area contributed by atoms with Gasteiger partial charge in [-0.25, -0.2) is 8.42 Å². The molecule has 15 heavy (non-hydrogen) atoms. The van der Waals surface area contributed by atoms with Gasteiger partial charge in [-0.15, -0.1) is 0 Å². The lowest BCUT2D eigenvalue weighted by Crippen LogP contribution is -1.97. The average molecular weight is 247 g/mol. The van der Waals surface area contributed by atoms with E-state index in [-0.39, 0.29) is 4.90 Å². The summed E-state index contributed by atoms with van der Waals surface area (Å²) in [7, 11) is 1.64. The monoisotopic (exact) mass is 246 g/mol. The molecule has 1 aromatic carbocycles. The number of hydrogen-bond donors (Lipinski definition) is 0. The molecule has 0 radical (unpaired) electrons. The van der Waals surface area contributed by atoms with Crippen molar-refractivity contribution in [1.29, 1.82) is 0 Å². The zero-order valence-corrected chi connectivity index (χ0v) is 9.64. The van der Waals surface area contributed by atoms with Crippen LogP contribution in [0.25, 0.3) is 0 Å². The maximum absolute atomic E-state index is 11.1. The van der Waals surface area contributed by atoms with Crippen LogP contribution >= 0.6 is 10.7 Å². The van der Waals surface area contributed by atoms with Gasteiger partial charge in [0.1, 0.15) is 5.75 Å². The van der Waals surface area contributed by atoms with Crippen molar-refractivity contribution in [3.05, 3.63) is 23.8 Å². The second-order valence-electron chi connectivity index (χ2n) is 3.51. The number of rotatable bonds is 1. The van der Waals surface area contributed by atoms with E-state index in [2.05, 4.69) is 0 Å². The summed E-state index contributed by atoms with van der Waals surface area (Å²) in [4.78, 5) is 0.147. The fourth-order valence-electron chi connectivity index (χ4n) is 1.64. The first-order valence-corrected chi connectivity index (χ1v) is 7.09. The van der Waals surface area contributed by atoms with Crippen molar-refractivity contribution in [3.8, 4) is 5.75 Å². The maximum Gasteiger partial charge on any atom is 0.261 e. The standard InChI is InChI=1S/C10H11ClO3S/c11-15(12,13)9-4-5-10-8(7-9)3-1-2-6-14-10/h4-5,7H,1-3,6H2. The number of fused-ring (bicyclic) bond motifs is 1. The summed E-state index contributed by atoms with van der Waals surface area (Å²) in [5.41, 5.74) is 0.925. The molecular formula is C10H11ClO3S. The molecule has 0 amide bonds. The van der Waals surface area contributed by atoms with E-state index in [9.17, 15) is 8.42 Å². The predicted octanol–water partition coefficient (Wildman–Crippen LogP) is 2.33. The second kappa shape index (κ2) is 4.02. The zero-order chi connectivity index (χ0) is 10.9. The molecule has 1 heterocycles. The summed E-state index contributed by atoms with van der Waals surface area (Å²) in [5.74, 6) is 0.775. The van der Waals surface area contributed by atoms with Gasteiger partial charge < -0.3 is 4.74 Å². The van der Waals surface area contributed by atoms with E-state index in [1.807, 2.05) is 0 Å². The molecular weight excluding hydrogens is 236 g/mol. The first-order chi connectivity index (χ1) is 7.07. The highest BCUT2D eigenvalue weighted by atomic mass is 35.7. The van der Waals surface area contributed by atoms with Crippen molar-refractivity contribution in [2.75, 3.05) is 6.61 Å². The minimum Gasteiger partial charge on any atom is -0.493 e. The Morgan fingerprint density at radius 3 is 2.80 bits per heavy atom. The van der Waals surface area contributed by atoms with Crippen LogP contribution in [0.4, 0.5) is 0 Å². The smallest absolute Gasteiger partial charge is 0.261 e. The maximum atomic E-state index is 11.1. The molecule has 1 aromatic rings. The molecule has 3 nitrogen and oxygen atoms in total. The van der Waals surface area contributed by atoms with Gasteiger partial charge in [0.15, 0.2) is 0 Å². The Morgan fingerprint density at radius 2 is 2.07 bits per heavy atom. The summed E-state index contributed by atoms with van der Waals surface area (Å²) in [5, 5.41) is 0. The fourth-order valence-corrected chi connectivity index (χ4v) is 2.44. The lowest BCUT2D eigenvalue weighted by Gasteiger charge is -2.07. The van der Waals surface area contributed by atoms with Crippen molar-refractivity contribution < 1.29 is 13.2 Å². The van der Waals surface area contributed by atoms with Gasteiger partial charge in [-0.2, -0.15) is 0 Å². The molecule has 0 atom stereocenters. The van der Waals surface area contributed by atoms with Crippen LogP contribution in [-0.4, -0.2) is 15.0 Å². The summed E-state index contributed by atoms with van der Waals surface area (Å²) >= 11 is 0. The molecule has 0 fully saturated rings. The molecule has 0 bridgehead atoms. The lowest BCUT2D eigenvalue weighted by molar-refractivity contribution is 0.317. The number of ether oxygens (including phenoxy) is 1. The summed E-state index contributed by atoms with van der Waals surface area (Å²) < 4.78 is 27.7. The summed E-state index contributed by atoms with van der Waals surface area (Å²) in [6.45, 7) is 0.694. The summed E-state index contributed by atoms with van der Waals surface area (Å²) in [6.07, 6.45) is 2.85. The van der Waals surface area contributed by atoms with Gasteiger partial charge in [0.05, 0.1) is 11.5 Å². The fraction of sp³-hybridized carbons (Fsp3) is 0.400. The van der Waals surface area contributed by atoms with Gasteiger partial charge in [0, 0.05) is 10.7 Å². The van der Waals surface area contributed by atoms with Crippen LogP contribution in [0.2, 0.25) is 0 Å². The Labute approximate surface area is 93.4 Å². The number of aryl methyl sites for hydroxylation is 1. The topological polar surface area (TPSA) is 43.4 Å². The quantitative estimate of drug-likeness (QED) is 0.715. The van der Waals surface area contributed by atoms with E-state index >= 15 is 0 Å². The van der Waals surface area contributed by atoms with Crippen LogP contribution in [0.15, 0.2) is 23.1 Å². The van der Waals surface area contributed by atoms with E-state index in [4.69, 9.17) is 15.4 Å². The van der Waals surface area contributed by atoms with E-state index in [1.165, 1.54) is 6.07 Å². The third kappa shape index (κ3) is 2.44. The van der Waals surface area contributed by atoms with Gasteiger partial charge in [0.2, 0.25) is 0 Å². The van der Waals surface area contributed by atoms with Gasteiger partial charge >= 0.3 is 0 Å². The van der Waals surface area contributed by atoms with Crippen molar-refractivity contribution in [3.63, 3.8) is 0 Å². The first kappa shape index (κ1) is 10.8. The zero-order valence-electron chi connectivity index (χ0n) is 8.07. The van der Waals surface area contributed by atoms with E-state index in [0.717, 1.165) is 30.6 Å². The molecule has 0 aromatic heterocycles. The molecule has 2 rings (SSSR count). The molecule has 82 valence electrons. The molecule has 1 aliphatic rings. The van der Waals surface area contributed by atoms with Gasteiger partial charge in [0.25, 0.3) is 9.05 Å². The third-order valence-corrected chi connectivity index (χ3v) is 3.76. The Balaban J connectivity index is 2.45. The van der Waals surface area contributed by atoms with Crippen LogP contribution in [0.5, 0.6) is 5.75 Å². The SMILES string of the molecule is O=S(=O)(Cl)c1ccc2c(c1)CCCCO2. The van der Waals surface area contributed by atoms with E-state index in [1.54, 1.807) is 12.1 Å². The predicted molar refractivity (Wildman–Crippen MR) is 57.9 cm³/mol. The minimum absolute atomic E-state index is 0.147. The Hall–Kier alpha value is -0.740. The highest BCUT2D eigenvalue weighted by Crippen LogP contribution is 2.27. The summed E-state index contributed by atoms with van der Waals surface area (Å²) in [6, 6.07) is 4.76. The van der Waals surface area contributed by atoms with Crippen molar-refractivity contribution in [2.24, 2.45) is 0 Å². The molecule has 5 heteroatoms.